The van der Waals surface area contributed by atoms with Crippen LogP contribution in [0.15, 0.2) is 35.6 Å². The monoisotopic (exact) mass is 189 g/mol. The molecule has 0 saturated heterocycles. The summed E-state index contributed by atoms with van der Waals surface area (Å²) in [5, 5.41) is 2.97. The Kier molecular flexibility index (Phi) is 1.88. The number of rotatable bonds is 0. The largest absolute Gasteiger partial charge is 0.328 e. The van der Waals surface area contributed by atoms with Gasteiger partial charge in [-0.3, -0.25) is 4.79 Å². The van der Waals surface area contributed by atoms with Gasteiger partial charge in [-0.15, -0.1) is 0 Å². The Hall–Kier alpha value is -1.31. The summed E-state index contributed by atoms with van der Waals surface area (Å²) in [7, 11) is 0. The van der Waals surface area contributed by atoms with Gasteiger partial charge in [0.25, 0.3) is 0 Å². The van der Waals surface area contributed by atoms with Gasteiger partial charge in [-0.05, 0) is 5.57 Å². The first-order valence-corrected chi connectivity index (χ1v) is 4.90. The predicted molar refractivity (Wildman–Crippen MR) is 56.4 cm³/mol. The van der Waals surface area contributed by atoms with E-state index in [1.165, 1.54) is 0 Å². The highest BCUT2D eigenvalue weighted by molar-refractivity contribution is 5.90. The number of hydrogen-bond donors (Lipinski definition) is 1. The minimum absolute atomic E-state index is 0.00919. The first-order valence-electron chi connectivity index (χ1n) is 4.90. The van der Waals surface area contributed by atoms with Crippen molar-refractivity contribution in [2.24, 2.45) is 11.3 Å². The number of amides is 1. The van der Waals surface area contributed by atoms with Gasteiger partial charge in [-0.1, -0.05) is 45.1 Å². The fraction of sp³-hybridized carbons (Fsp3) is 0.417. The standard InChI is InChI=1S/C12H15NO/c1-12(2,3)10-8-6-4-5-7-9(8)11(14)13-10/h4-7,9H,1-3H3,(H,13,14). The molecule has 0 radical (unpaired) electrons. The van der Waals surface area contributed by atoms with Crippen LogP contribution in [0.3, 0.4) is 0 Å². The molecule has 0 saturated carbocycles. The van der Waals surface area contributed by atoms with Crippen LogP contribution in [-0.2, 0) is 4.79 Å². The van der Waals surface area contributed by atoms with Crippen LogP contribution in [0.25, 0.3) is 0 Å². The molecule has 0 fully saturated rings. The maximum atomic E-state index is 11.6. The molecule has 2 rings (SSSR count). The molecule has 0 aromatic rings. The molecule has 1 atom stereocenters. The molecule has 1 heterocycles. The molecule has 0 aromatic heterocycles. The maximum absolute atomic E-state index is 11.6. The first-order chi connectivity index (χ1) is 6.50. The Morgan fingerprint density at radius 2 is 2.00 bits per heavy atom. The Balaban J connectivity index is 2.47. The van der Waals surface area contributed by atoms with E-state index in [2.05, 4.69) is 26.1 Å². The fourth-order valence-electron chi connectivity index (χ4n) is 1.90. The van der Waals surface area contributed by atoms with E-state index in [9.17, 15) is 4.79 Å². The third kappa shape index (κ3) is 1.31. The summed E-state index contributed by atoms with van der Waals surface area (Å²) < 4.78 is 0. The van der Waals surface area contributed by atoms with Crippen molar-refractivity contribution in [1.29, 1.82) is 0 Å². The molecule has 2 aliphatic rings. The first kappa shape index (κ1) is 9.25. The van der Waals surface area contributed by atoms with Crippen LogP contribution >= 0.6 is 0 Å². The second-order valence-corrected chi connectivity index (χ2v) is 4.79. The molecule has 2 heteroatoms. The Morgan fingerprint density at radius 3 is 2.64 bits per heavy atom. The number of carbonyl (C=O) groups is 1. The molecule has 1 aliphatic carbocycles. The summed E-state index contributed by atoms with van der Waals surface area (Å²) >= 11 is 0. The zero-order chi connectivity index (χ0) is 10.3. The van der Waals surface area contributed by atoms with Gasteiger partial charge in [0.1, 0.15) is 0 Å². The van der Waals surface area contributed by atoms with E-state index in [0.717, 1.165) is 11.3 Å². The lowest BCUT2D eigenvalue weighted by molar-refractivity contribution is -0.121. The topological polar surface area (TPSA) is 29.1 Å². The van der Waals surface area contributed by atoms with Gasteiger partial charge in [0.15, 0.2) is 0 Å². The summed E-state index contributed by atoms with van der Waals surface area (Å²) in [6.45, 7) is 6.35. The lowest BCUT2D eigenvalue weighted by atomic mass is 9.86. The van der Waals surface area contributed by atoms with E-state index in [1.54, 1.807) is 0 Å². The van der Waals surface area contributed by atoms with Crippen LogP contribution in [-0.4, -0.2) is 5.91 Å². The predicted octanol–water partition coefficient (Wildman–Crippen LogP) is 2.16. The number of allylic oxidation sites excluding steroid dienone is 4. The van der Waals surface area contributed by atoms with Crippen molar-refractivity contribution in [1.82, 2.24) is 5.32 Å². The number of hydrogen-bond acceptors (Lipinski definition) is 1. The summed E-state index contributed by atoms with van der Waals surface area (Å²) in [4.78, 5) is 11.6. The summed E-state index contributed by atoms with van der Waals surface area (Å²) in [6.07, 6.45) is 7.89. The molecule has 1 amide bonds. The highest BCUT2D eigenvalue weighted by Gasteiger charge is 2.35. The number of fused-ring (bicyclic) bond motifs is 1. The zero-order valence-electron chi connectivity index (χ0n) is 8.79. The van der Waals surface area contributed by atoms with Crippen molar-refractivity contribution in [2.75, 3.05) is 0 Å². The summed E-state index contributed by atoms with van der Waals surface area (Å²) in [6, 6.07) is 0. The minimum atomic E-state index is -0.0609. The second kappa shape index (κ2) is 2.84. The van der Waals surface area contributed by atoms with Crippen LogP contribution < -0.4 is 5.32 Å². The quantitative estimate of drug-likeness (QED) is 0.621. The Bertz CT molecular complexity index is 366. The second-order valence-electron chi connectivity index (χ2n) is 4.79. The average Bonchev–Trinajstić information content (AvgIpc) is 2.44. The van der Waals surface area contributed by atoms with E-state index in [0.29, 0.717) is 0 Å². The van der Waals surface area contributed by atoms with Crippen LogP contribution in [0.5, 0.6) is 0 Å². The van der Waals surface area contributed by atoms with Crippen LogP contribution in [0.4, 0.5) is 0 Å². The van der Waals surface area contributed by atoms with Gasteiger partial charge in [0.2, 0.25) is 5.91 Å². The van der Waals surface area contributed by atoms with Gasteiger partial charge in [0.05, 0.1) is 5.92 Å². The molecular formula is C12H15NO. The number of carbonyl (C=O) groups excluding carboxylic acids is 1. The SMILES string of the molecule is CC(C)(C)C1=C2C=CC=CC2C(=O)N1. The van der Waals surface area contributed by atoms with E-state index in [-0.39, 0.29) is 17.2 Å². The van der Waals surface area contributed by atoms with Crippen molar-refractivity contribution in [3.8, 4) is 0 Å². The fourth-order valence-corrected chi connectivity index (χ4v) is 1.90. The average molecular weight is 189 g/mol. The molecule has 74 valence electrons. The summed E-state index contributed by atoms with van der Waals surface area (Å²) in [5.41, 5.74) is 2.20. The lowest BCUT2D eigenvalue weighted by Gasteiger charge is -2.21. The van der Waals surface area contributed by atoms with Crippen molar-refractivity contribution >= 4 is 5.91 Å². The van der Waals surface area contributed by atoms with E-state index >= 15 is 0 Å². The highest BCUT2D eigenvalue weighted by atomic mass is 16.2. The van der Waals surface area contributed by atoms with Crippen LogP contribution in [0.1, 0.15) is 20.8 Å². The minimum Gasteiger partial charge on any atom is -0.328 e. The zero-order valence-corrected chi connectivity index (χ0v) is 8.79. The van der Waals surface area contributed by atoms with Crippen molar-refractivity contribution in [3.05, 3.63) is 35.6 Å². The van der Waals surface area contributed by atoms with Gasteiger partial charge in [0, 0.05) is 11.1 Å². The molecule has 0 bridgehead atoms. The summed E-state index contributed by atoms with van der Waals surface area (Å²) in [5.74, 6) is 0.0414. The van der Waals surface area contributed by atoms with Crippen molar-refractivity contribution in [3.63, 3.8) is 0 Å². The van der Waals surface area contributed by atoms with Crippen molar-refractivity contribution in [2.45, 2.75) is 20.8 Å². The van der Waals surface area contributed by atoms with Crippen LogP contribution in [0.2, 0.25) is 0 Å². The molecule has 1 N–H and O–H groups in total. The van der Waals surface area contributed by atoms with E-state index < -0.39 is 0 Å². The third-order valence-corrected chi connectivity index (χ3v) is 2.59. The number of nitrogens with one attached hydrogen (secondary N) is 1. The van der Waals surface area contributed by atoms with Gasteiger partial charge in [-0.2, -0.15) is 0 Å². The molecule has 1 unspecified atom stereocenters. The highest BCUT2D eigenvalue weighted by Crippen LogP contribution is 2.36. The lowest BCUT2D eigenvalue weighted by Crippen LogP contribution is -2.26. The molecule has 1 aliphatic heterocycles. The van der Waals surface area contributed by atoms with E-state index in [4.69, 9.17) is 0 Å². The molecule has 0 spiro atoms. The molecule has 2 nitrogen and oxygen atoms in total. The van der Waals surface area contributed by atoms with Gasteiger partial charge < -0.3 is 5.32 Å². The smallest absolute Gasteiger partial charge is 0.235 e. The van der Waals surface area contributed by atoms with Crippen molar-refractivity contribution < 1.29 is 4.79 Å². The Morgan fingerprint density at radius 1 is 1.29 bits per heavy atom. The molecule has 0 aromatic carbocycles. The maximum Gasteiger partial charge on any atom is 0.235 e. The van der Waals surface area contributed by atoms with Gasteiger partial charge >= 0.3 is 0 Å². The van der Waals surface area contributed by atoms with Gasteiger partial charge in [-0.25, -0.2) is 0 Å². The third-order valence-electron chi connectivity index (χ3n) is 2.59. The normalized spacial score (nSPS) is 25.4. The van der Waals surface area contributed by atoms with E-state index in [1.807, 2.05) is 24.3 Å². The van der Waals surface area contributed by atoms with Crippen LogP contribution in [0, 0.1) is 11.3 Å². The Labute approximate surface area is 84.4 Å². The molecule has 14 heavy (non-hydrogen) atoms. The molecular weight excluding hydrogens is 174 g/mol.